The van der Waals surface area contributed by atoms with E-state index < -0.39 is 0 Å². The lowest BCUT2D eigenvalue weighted by molar-refractivity contribution is 0.448. The predicted octanol–water partition coefficient (Wildman–Crippen LogP) is 3.21. The normalized spacial score (nSPS) is 18.1. The Labute approximate surface area is 168 Å². The fraction of sp³-hybridized carbons (Fsp3) is 0.409. The minimum atomic E-state index is 0.480. The number of nitrogens with zero attached hydrogens (tertiary/aromatic N) is 5. The van der Waals surface area contributed by atoms with Crippen molar-refractivity contribution in [1.82, 2.24) is 29.7 Å². The average molecular weight is 387 g/mol. The van der Waals surface area contributed by atoms with Gasteiger partial charge in [-0.15, -0.1) is 0 Å². The van der Waals surface area contributed by atoms with Crippen LogP contribution in [0.1, 0.15) is 37.3 Å². The zero-order chi connectivity index (χ0) is 19.4. The lowest BCUT2D eigenvalue weighted by atomic mass is 9.94. The van der Waals surface area contributed by atoms with Crippen LogP contribution in [0.2, 0.25) is 0 Å². The molecule has 1 saturated heterocycles. The van der Waals surface area contributed by atoms with Gasteiger partial charge in [-0.05, 0) is 62.4 Å². The Balaban J connectivity index is 1.47. The first-order chi connectivity index (χ1) is 14.3. The van der Waals surface area contributed by atoms with E-state index in [1.165, 1.54) is 23.9 Å². The van der Waals surface area contributed by atoms with E-state index in [1.807, 2.05) is 4.52 Å². The summed E-state index contributed by atoms with van der Waals surface area (Å²) in [5, 5.41) is 14.0. The molecule has 2 fully saturated rings. The van der Waals surface area contributed by atoms with Gasteiger partial charge in [0.05, 0.1) is 5.52 Å². The first-order valence-electron chi connectivity index (χ1n) is 10.6. The molecular formula is C22H25N7. The number of nitrogens with two attached hydrogens (primary N) is 1. The largest absolute Gasteiger partial charge is 0.382 e. The van der Waals surface area contributed by atoms with E-state index in [0.717, 1.165) is 60.6 Å². The van der Waals surface area contributed by atoms with Crippen LogP contribution in [0.4, 0.5) is 5.82 Å². The van der Waals surface area contributed by atoms with Crippen molar-refractivity contribution in [1.29, 1.82) is 0 Å². The molecule has 0 amide bonds. The zero-order valence-electron chi connectivity index (χ0n) is 16.4. The molecule has 148 valence electrons. The van der Waals surface area contributed by atoms with Crippen LogP contribution in [0.15, 0.2) is 36.8 Å². The number of fused-ring (bicyclic) bond motifs is 2. The van der Waals surface area contributed by atoms with Gasteiger partial charge in [-0.3, -0.25) is 4.68 Å². The van der Waals surface area contributed by atoms with Crippen LogP contribution in [-0.4, -0.2) is 37.5 Å². The van der Waals surface area contributed by atoms with Crippen molar-refractivity contribution in [2.75, 3.05) is 18.8 Å². The summed E-state index contributed by atoms with van der Waals surface area (Å²) in [6, 6.07) is 8.76. The highest BCUT2D eigenvalue weighted by atomic mass is 15.3. The van der Waals surface area contributed by atoms with Crippen LogP contribution < -0.4 is 11.1 Å². The first kappa shape index (κ1) is 17.0. The highest BCUT2D eigenvalue weighted by Crippen LogP contribution is 2.37. The maximum absolute atomic E-state index is 6.31. The summed E-state index contributed by atoms with van der Waals surface area (Å²) in [7, 11) is 0. The summed E-state index contributed by atoms with van der Waals surface area (Å²) in [5.74, 6) is 1.81. The van der Waals surface area contributed by atoms with Gasteiger partial charge in [-0.25, -0.2) is 9.50 Å². The molecule has 0 spiro atoms. The number of anilines is 1. The van der Waals surface area contributed by atoms with Crippen LogP contribution in [0.5, 0.6) is 0 Å². The Morgan fingerprint density at radius 1 is 1.10 bits per heavy atom. The minimum Gasteiger partial charge on any atom is -0.382 e. The molecule has 4 heterocycles. The summed E-state index contributed by atoms with van der Waals surface area (Å²) in [6.45, 7) is 3.11. The highest BCUT2D eigenvalue weighted by Gasteiger charge is 2.24. The first-order valence-corrected chi connectivity index (χ1v) is 10.6. The van der Waals surface area contributed by atoms with Crippen molar-refractivity contribution in [2.24, 2.45) is 5.92 Å². The summed E-state index contributed by atoms with van der Waals surface area (Å²) in [5.41, 5.74) is 11.7. The third kappa shape index (κ3) is 2.97. The van der Waals surface area contributed by atoms with E-state index in [-0.39, 0.29) is 0 Å². The van der Waals surface area contributed by atoms with Crippen molar-refractivity contribution in [3.8, 4) is 11.1 Å². The molecule has 1 aliphatic carbocycles. The van der Waals surface area contributed by atoms with Gasteiger partial charge in [0.1, 0.15) is 11.8 Å². The number of aromatic nitrogens is 5. The maximum Gasteiger partial charge on any atom is 0.151 e. The van der Waals surface area contributed by atoms with Crippen LogP contribution in [0, 0.1) is 5.92 Å². The second-order valence-corrected chi connectivity index (χ2v) is 8.48. The zero-order valence-corrected chi connectivity index (χ0v) is 16.4. The van der Waals surface area contributed by atoms with Gasteiger partial charge in [0, 0.05) is 35.3 Å². The molecule has 0 bridgehead atoms. The third-order valence-corrected chi connectivity index (χ3v) is 6.38. The van der Waals surface area contributed by atoms with Gasteiger partial charge in [0.2, 0.25) is 0 Å². The number of rotatable bonds is 4. The number of hydrogen-bond acceptors (Lipinski definition) is 5. The summed E-state index contributed by atoms with van der Waals surface area (Å²) in [4.78, 5) is 4.27. The quantitative estimate of drug-likeness (QED) is 0.562. The van der Waals surface area contributed by atoms with Gasteiger partial charge in [0.15, 0.2) is 5.82 Å². The fourth-order valence-electron chi connectivity index (χ4n) is 4.61. The summed E-state index contributed by atoms with van der Waals surface area (Å²) in [6.07, 6.45) is 8.60. The Kier molecular flexibility index (Phi) is 3.84. The summed E-state index contributed by atoms with van der Waals surface area (Å²) < 4.78 is 4.10. The molecule has 1 aliphatic heterocycles. The molecule has 0 atom stereocenters. The second kappa shape index (κ2) is 6.56. The molecule has 29 heavy (non-hydrogen) atoms. The fourth-order valence-corrected chi connectivity index (χ4v) is 4.61. The van der Waals surface area contributed by atoms with Crippen molar-refractivity contribution in [3.63, 3.8) is 0 Å². The lowest BCUT2D eigenvalue weighted by Crippen LogP contribution is -2.27. The number of hydrogen-bond donors (Lipinski definition) is 2. The number of benzene rings is 1. The third-order valence-electron chi connectivity index (χ3n) is 6.38. The predicted molar refractivity (Wildman–Crippen MR) is 114 cm³/mol. The van der Waals surface area contributed by atoms with Crippen molar-refractivity contribution < 1.29 is 0 Å². The Morgan fingerprint density at radius 3 is 2.79 bits per heavy atom. The topological polar surface area (TPSA) is 86.1 Å². The maximum atomic E-state index is 6.31. The van der Waals surface area contributed by atoms with E-state index in [0.29, 0.717) is 11.7 Å². The van der Waals surface area contributed by atoms with Crippen LogP contribution in [0.25, 0.3) is 27.5 Å². The molecule has 4 aromatic rings. The SMILES string of the molecule is Nc1ncnn2c(C3CCNCC3)cc(-c3ccc4cn(CC5CC5)nc4c3)c12. The molecule has 1 aromatic carbocycles. The van der Waals surface area contributed by atoms with Gasteiger partial charge in [0.25, 0.3) is 0 Å². The van der Waals surface area contributed by atoms with E-state index >= 15 is 0 Å². The Bertz CT molecular complexity index is 1190. The molecule has 7 nitrogen and oxygen atoms in total. The molecule has 3 aromatic heterocycles. The minimum absolute atomic E-state index is 0.480. The van der Waals surface area contributed by atoms with E-state index in [1.54, 1.807) is 6.33 Å². The molecule has 1 saturated carbocycles. The molecule has 0 unspecified atom stereocenters. The van der Waals surface area contributed by atoms with Gasteiger partial charge in [-0.1, -0.05) is 12.1 Å². The van der Waals surface area contributed by atoms with Gasteiger partial charge >= 0.3 is 0 Å². The standard InChI is InChI=1S/C22H25N7/c23-22-21-18(10-20(29(21)26-13-25-22)15-5-7-24-8-6-15)16-3-4-17-12-28(11-14-1-2-14)27-19(17)9-16/h3-4,9-10,12-15,24H,1-2,5-8,11H2,(H2,23,25,26). The smallest absolute Gasteiger partial charge is 0.151 e. The van der Waals surface area contributed by atoms with Gasteiger partial charge in [-0.2, -0.15) is 10.2 Å². The molecule has 6 rings (SSSR count). The van der Waals surface area contributed by atoms with Crippen LogP contribution in [0.3, 0.4) is 0 Å². The molecular weight excluding hydrogens is 362 g/mol. The summed E-state index contributed by atoms with van der Waals surface area (Å²) >= 11 is 0. The van der Waals surface area contributed by atoms with Crippen LogP contribution in [-0.2, 0) is 6.54 Å². The molecule has 0 radical (unpaired) electrons. The molecule has 2 aliphatic rings. The number of nitrogen functional groups attached to an aromatic ring is 1. The Morgan fingerprint density at radius 2 is 1.97 bits per heavy atom. The monoisotopic (exact) mass is 387 g/mol. The second-order valence-electron chi connectivity index (χ2n) is 8.48. The average Bonchev–Trinajstić information content (AvgIpc) is 3.32. The lowest BCUT2D eigenvalue weighted by Gasteiger charge is -2.22. The van der Waals surface area contributed by atoms with Crippen molar-refractivity contribution in [3.05, 3.63) is 42.5 Å². The van der Waals surface area contributed by atoms with Crippen molar-refractivity contribution >= 4 is 22.2 Å². The van der Waals surface area contributed by atoms with E-state index in [9.17, 15) is 0 Å². The number of nitrogens with one attached hydrogen (secondary N) is 1. The molecule has 3 N–H and O–H groups in total. The molecule has 7 heteroatoms. The Hall–Kier alpha value is -2.93. The highest BCUT2D eigenvalue weighted by molar-refractivity contribution is 5.92. The number of piperidine rings is 1. The van der Waals surface area contributed by atoms with Crippen LogP contribution >= 0.6 is 0 Å². The van der Waals surface area contributed by atoms with E-state index in [2.05, 4.69) is 50.5 Å². The van der Waals surface area contributed by atoms with Crippen molar-refractivity contribution in [2.45, 2.75) is 38.1 Å². The van der Waals surface area contributed by atoms with Gasteiger partial charge < -0.3 is 11.1 Å². The van der Waals surface area contributed by atoms with E-state index in [4.69, 9.17) is 10.8 Å².